The maximum Gasteiger partial charge on any atom is 0.407 e. The lowest BCUT2D eigenvalue weighted by molar-refractivity contribution is -0.154. The molecule has 5 amide bonds. The first-order valence-corrected chi connectivity index (χ1v) is 22.2. The molecule has 0 heterocycles. The molecule has 18 heteroatoms. The number of rotatable bonds is 28. The van der Waals surface area contributed by atoms with Crippen LogP contribution in [-0.2, 0) is 65.7 Å². The van der Waals surface area contributed by atoms with Crippen LogP contribution in [-0.4, -0.2) is 96.6 Å². The Labute approximate surface area is 382 Å². The van der Waals surface area contributed by atoms with Crippen LogP contribution in [0.25, 0.3) is 0 Å². The number of carbonyl (C=O) groups excluding carboxylic acids is 8. The number of hydrogen-bond donors (Lipinski definition) is 6. The Morgan fingerprint density at radius 2 is 1.09 bits per heavy atom. The van der Waals surface area contributed by atoms with Crippen molar-refractivity contribution >= 4 is 47.6 Å². The number of amides is 5. The zero-order valence-corrected chi connectivity index (χ0v) is 38.8. The van der Waals surface area contributed by atoms with Gasteiger partial charge in [0.2, 0.25) is 23.6 Å². The van der Waals surface area contributed by atoms with Crippen molar-refractivity contribution in [2.45, 2.75) is 155 Å². The van der Waals surface area contributed by atoms with E-state index in [0.29, 0.717) is 37.8 Å². The number of hydrogen-bond acceptors (Lipinski definition) is 13. The Balaban J connectivity index is 2.23. The van der Waals surface area contributed by atoms with Crippen molar-refractivity contribution in [1.82, 2.24) is 26.6 Å². The maximum absolute atomic E-state index is 13.9. The minimum Gasteiger partial charge on any atom is -0.461 e. The molecule has 0 bridgehead atoms. The Morgan fingerprint density at radius 1 is 0.538 bits per heavy atom. The van der Waals surface area contributed by atoms with E-state index in [2.05, 4.69) is 26.6 Å². The van der Waals surface area contributed by atoms with E-state index < -0.39 is 89.9 Å². The molecule has 2 aromatic rings. The van der Waals surface area contributed by atoms with E-state index in [-0.39, 0.29) is 51.9 Å². The van der Waals surface area contributed by atoms with E-state index in [1.807, 2.05) is 6.07 Å². The summed E-state index contributed by atoms with van der Waals surface area (Å²) in [5, 5.41) is 13.1. The third kappa shape index (κ3) is 26.4. The molecule has 65 heavy (non-hydrogen) atoms. The fraction of sp³-hybridized carbons (Fsp3) is 0.574. The number of alkyl carbamates (subject to hydrolysis) is 1. The van der Waals surface area contributed by atoms with E-state index in [4.69, 9.17) is 24.7 Å². The lowest BCUT2D eigenvalue weighted by atomic mass is 10.0. The van der Waals surface area contributed by atoms with Gasteiger partial charge < -0.3 is 51.3 Å². The van der Waals surface area contributed by atoms with Gasteiger partial charge in [0, 0.05) is 25.8 Å². The molecule has 0 radical (unpaired) electrons. The number of nitrogens with one attached hydrogen (secondary N) is 5. The summed E-state index contributed by atoms with van der Waals surface area (Å²) < 4.78 is 21.4. The zero-order chi connectivity index (χ0) is 48.3. The van der Waals surface area contributed by atoms with Gasteiger partial charge in [-0.05, 0) is 104 Å². The molecule has 0 aromatic heterocycles. The molecule has 7 N–H and O–H groups in total. The van der Waals surface area contributed by atoms with Gasteiger partial charge in [-0.3, -0.25) is 28.8 Å². The number of unbranched alkanes of at least 4 members (excludes halogenated alkanes) is 3. The molecule has 2 rings (SSSR count). The van der Waals surface area contributed by atoms with Crippen molar-refractivity contribution in [3.8, 4) is 0 Å². The van der Waals surface area contributed by atoms with Crippen molar-refractivity contribution in [1.29, 1.82) is 0 Å². The zero-order valence-electron chi connectivity index (χ0n) is 38.8. The fourth-order valence-electron chi connectivity index (χ4n) is 6.01. The van der Waals surface area contributed by atoms with Gasteiger partial charge in [0.05, 0.1) is 0 Å². The summed E-state index contributed by atoms with van der Waals surface area (Å²) in [4.78, 5) is 105. The molecular weight excluding hydrogens is 841 g/mol. The first-order valence-electron chi connectivity index (χ1n) is 22.2. The molecule has 0 aliphatic rings. The van der Waals surface area contributed by atoms with Gasteiger partial charge in [-0.2, -0.15) is 0 Å². The van der Waals surface area contributed by atoms with Crippen LogP contribution in [0, 0.1) is 0 Å². The SMILES string of the molecule is CC(C)(C)OC(=O)CNC(=O)C(CCC(=O)NC(CCC(=O)OCc1ccccc1)C(=O)OCc1ccccc1)NC(=O)C(CCCCNC(=O)OC(C)(C)C)NC(=O)CCCCCN. The third-order valence-electron chi connectivity index (χ3n) is 9.19. The highest BCUT2D eigenvalue weighted by Crippen LogP contribution is 2.12. The Kier molecular flexibility index (Phi) is 24.9. The molecule has 0 aliphatic carbocycles. The largest absolute Gasteiger partial charge is 0.461 e. The topological polar surface area (TPSA) is 260 Å². The van der Waals surface area contributed by atoms with Crippen LogP contribution in [0.5, 0.6) is 0 Å². The predicted octanol–water partition coefficient (Wildman–Crippen LogP) is 4.16. The molecule has 18 nitrogen and oxygen atoms in total. The van der Waals surface area contributed by atoms with E-state index in [1.165, 1.54) is 0 Å². The second-order valence-corrected chi connectivity index (χ2v) is 17.4. The second kappa shape index (κ2) is 29.4. The fourth-order valence-corrected chi connectivity index (χ4v) is 6.01. The first kappa shape index (κ1) is 55.1. The smallest absolute Gasteiger partial charge is 0.407 e. The summed E-state index contributed by atoms with van der Waals surface area (Å²) in [7, 11) is 0. The van der Waals surface area contributed by atoms with Crippen LogP contribution in [0.2, 0.25) is 0 Å². The highest BCUT2D eigenvalue weighted by Gasteiger charge is 2.30. The van der Waals surface area contributed by atoms with Crippen LogP contribution in [0.3, 0.4) is 0 Å². The summed E-state index contributed by atoms with van der Waals surface area (Å²) in [5.74, 6) is -4.80. The van der Waals surface area contributed by atoms with Crippen LogP contribution in [0.4, 0.5) is 4.79 Å². The summed E-state index contributed by atoms with van der Waals surface area (Å²) in [6.07, 6.45) is 1.34. The van der Waals surface area contributed by atoms with Crippen LogP contribution >= 0.6 is 0 Å². The number of nitrogens with two attached hydrogens (primary N) is 1. The predicted molar refractivity (Wildman–Crippen MR) is 241 cm³/mol. The van der Waals surface area contributed by atoms with Gasteiger partial charge in [-0.1, -0.05) is 67.1 Å². The molecule has 0 saturated heterocycles. The summed E-state index contributed by atoms with van der Waals surface area (Å²) in [5.41, 5.74) is 5.52. The highest BCUT2D eigenvalue weighted by molar-refractivity contribution is 5.93. The lowest BCUT2D eigenvalue weighted by Crippen LogP contribution is -2.54. The van der Waals surface area contributed by atoms with Crippen molar-refractivity contribution < 1.29 is 57.3 Å². The van der Waals surface area contributed by atoms with Crippen molar-refractivity contribution in [2.75, 3.05) is 19.6 Å². The van der Waals surface area contributed by atoms with Gasteiger partial charge in [0.25, 0.3) is 0 Å². The second-order valence-electron chi connectivity index (χ2n) is 17.4. The lowest BCUT2D eigenvalue weighted by Gasteiger charge is -2.24. The summed E-state index contributed by atoms with van der Waals surface area (Å²) >= 11 is 0. The van der Waals surface area contributed by atoms with Gasteiger partial charge in [0.1, 0.15) is 49.1 Å². The number of benzene rings is 2. The van der Waals surface area contributed by atoms with Gasteiger partial charge in [-0.25, -0.2) is 9.59 Å². The molecule has 0 spiro atoms. The summed E-state index contributed by atoms with van der Waals surface area (Å²) in [6, 6.07) is 14.1. The van der Waals surface area contributed by atoms with E-state index in [0.717, 1.165) is 12.0 Å². The van der Waals surface area contributed by atoms with E-state index in [1.54, 1.807) is 96.1 Å². The monoisotopic (exact) mass is 911 g/mol. The number of esters is 3. The molecule has 360 valence electrons. The standard InChI is InChI=1S/C47H70N6O12/c1-46(2,3)64-41(57)30-50-42(58)36(53-43(59)35(51-38(54)23-14-9-16-28-48)22-15-17-29-49-45(61)65-47(4,5)6)24-26-39(55)52-37(44(60)63-32-34-20-12-8-13-21-34)25-27-40(56)62-31-33-18-10-7-11-19-33/h7-8,10-13,18-21,35-37H,9,14-17,22-32,48H2,1-6H3,(H,49,61)(H,50,58)(H,51,54)(H,52,55)(H,53,59). The van der Waals surface area contributed by atoms with Gasteiger partial charge >= 0.3 is 24.0 Å². The van der Waals surface area contributed by atoms with Gasteiger partial charge in [0.15, 0.2) is 0 Å². The minimum absolute atomic E-state index is 0.0168. The normalized spacial score (nSPS) is 12.6. The van der Waals surface area contributed by atoms with Crippen LogP contribution in [0.1, 0.15) is 123 Å². The Morgan fingerprint density at radius 3 is 1.69 bits per heavy atom. The average molecular weight is 911 g/mol. The van der Waals surface area contributed by atoms with Crippen LogP contribution < -0.4 is 32.3 Å². The Bertz CT molecular complexity index is 1810. The van der Waals surface area contributed by atoms with E-state index in [9.17, 15) is 38.4 Å². The van der Waals surface area contributed by atoms with Crippen molar-refractivity contribution in [3.63, 3.8) is 0 Å². The van der Waals surface area contributed by atoms with Gasteiger partial charge in [-0.15, -0.1) is 0 Å². The Hall–Kier alpha value is -6.04. The molecule has 0 fully saturated rings. The number of carbonyl (C=O) groups is 8. The molecule has 2 aromatic carbocycles. The minimum atomic E-state index is -1.40. The molecular formula is C47H70N6O12. The van der Waals surface area contributed by atoms with Crippen molar-refractivity contribution in [3.05, 3.63) is 71.8 Å². The molecule has 3 atom stereocenters. The number of ether oxygens (including phenoxy) is 4. The first-order chi connectivity index (χ1) is 30.7. The van der Waals surface area contributed by atoms with Crippen molar-refractivity contribution in [2.24, 2.45) is 5.73 Å². The molecule has 0 saturated carbocycles. The van der Waals surface area contributed by atoms with E-state index >= 15 is 0 Å². The molecule has 0 aliphatic heterocycles. The summed E-state index contributed by atoms with van der Waals surface area (Å²) in [6.45, 7) is 10.3. The molecule has 3 unspecified atom stereocenters. The highest BCUT2D eigenvalue weighted by atomic mass is 16.6. The maximum atomic E-state index is 13.9. The quantitative estimate of drug-likeness (QED) is 0.0399. The van der Waals surface area contributed by atoms with Crippen LogP contribution in [0.15, 0.2) is 60.7 Å². The third-order valence-corrected chi connectivity index (χ3v) is 9.19. The average Bonchev–Trinajstić information content (AvgIpc) is 3.24.